The summed E-state index contributed by atoms with van der Waals surface area (Å²) < 4.78 is 5.14. The average molecular weight is 260 g/mol. The summed E-state index contributed by atoms with van der Waals surface area (Å²) in [5.74, 6) is 0.608. The lowest BCUT2D eigenvalue weighted by molar-refractivity contribution is -0.118. The van der Waals surface area contributed by atoms with E-state index in [1.165, 1.54) is 7.11 Å². The molecule has 1 atom stereocenters. The summed E-state index contributed by atoms with van der Waals surface area (Å²) in [6, 6.07) is 0. The summed E-state index contributed by atoms with van der Waals surface area (Å²) >= 11 is 0. The van der Waals surface area contributed by atoms with Gasteiger partial charge in [-0.1, -0.05) is 26.8 Å². The van der Waals surface area contributed by atoms with Gasteiger partial charge in [0, 0.05) is 17.4 Å². The minimum atomic E-state index is -0.418. The highest BCUT2D eigenvalue weighted by molar-refractivity contribution is 6.10. The van der Waals surface area contributed by atoms with Gasteiger partial charge in [-0.2, -0.15) is 0 Å². The van der Waals surface area contributed by atoms with Crippen molar-refractivity contribution in [2.75, 3.05) is 7.11 Å². The molecule has 0 radical (unpaired) electrons. The molecule has 1 unspecified atom stereocenters. The van der Waals surface area contributed by atoms with Crippen LogP contribution in [0.2, 0.25) is 0 Å². The maximum Gasteiger partial charge on any atom is 0.223 e. The lowest BCUT2D eigenvalue weighted by Crippen LogP contribution is -2.33. The third-order valence-electron chi connectivity index (χ3n) is 4.02. The molecule has 2 rings (SSSR count). The number of carbonyl (C=O) groups is 2. The average Bonchev–Trinajstić information content (AvgIpc) is 2.32. The van der Waals surface area contributed by atoms with E-state index in [1.54, 1.807) is 6.08 Å². The van der Waals surface area contributed by atoms with E-state index in [4.69, 9.17) is 4.74 Å². The standard InChI is InChI=1S/C16H20O3/c1-9(2)11-6-12-10(3)15(18)14(19-5)8-16(12,4)7-13(11)17/h6,8-9H,7H2,1-5H3. The Morgan fingerprint density at radius 3 is 2.47 bits per heavy atom. The minimum Gasteiger partial charge on any atom is -0.493 e. The third kappa shape index (κ3) is 2.07. The Morgan fingerprint density at radius 2 is 1.95 bits per heavy atom. The van der Waals surface area contributed by atoms with Crippen LogP contribution in [0.15, 0.2) is 34.6 Å². The highest BCUT2D eigenvalue weighted by atomic mass is 16.5. The highest BCUT2D eigenvalue weighted by Gasteiger charge is 2.41. The van der Waals surface area contributed by atoms with E-state index in [-0.39, 0.29) is 17.5 Å². The van der Waals surface area contributed by atoms with E-state index in [0.717, 1.165) is 11.1 Å². The highest BCUT2D eigenvalue weighted by Crippen LogP contribution is 2.45. The van der Waals surface area contributed by atoms with Crippen molar-refractivity contribution >= 4 is 11.6 Å². The molecule has 0 fully saturated rings. The van der Waals surface area contributed by atoms with Gasteiger partial charge in [-0.15, -0.1) is 0 Å². The molecule has 0 aliphatic heterocycles. The number of hydrogen-bond acceptors (Lipinski definition) is 3. The monoisotopic (exact) mass is 260 g/mol. The van der Waals surface area contributed by atoms with Gasteiger partial charge in [0.1, 0.15) is 0 Å². The summed E-state index contributed by atoms with van der Waals surface area (Å²) in [6.45, 7) is 7.81. The van der Waals surface area contributed by atoms with Crippen LogP contribution in [0.1, 0.15) is 34.1 Å². The number of fused-ring (bicyclic) bond motifs is 1. The second-order valence-corrected chi connectivity index (χ2v) is 5.85. The molecule has 0 N–H and O–H groups in total. The topological polar surface area (TPSA) is 43.4 Å². The van der Waals surface area contributed by atoms with Gasteiger partial charge in [0.05, 0.1) is 7.11 Å². The van der Waals surface area contributed by atoms with Crippen LogP contribution in [0.4, 0.5) is 0 Å². The molecule has 0 aromatic heterocycles. The minimum absolute atomic E-state index is 0.0799. The first-order valence-electron chi connectivity index (χ1n) is 6.58. The van der Waals surface area contributed by atoms with Crippen molar-refractivity contribution in [3.8, 4) is 0 Å². The van der Waals surface area contributed by atoms with Crippen LogP contribution in [0.25, 0.3) is 0 Å². The number of Topliss-reactive ketones (excluding diaryl/α,β-unsaturated/α-hetero) is 2. The molecule has 0 saturated carbocycles. The molecular formula is C16H20O3. The Bertz CT molecular complexity index is 546. The van der Waals surface area contributed by atoms with Crippen LogP contribution in [0, 0.1) is 11.3 Å². The first kappa shape index (κ1) is 13.8. The van der Waals surface area contributed by atoms with Gasteiger partial charge >= 0.3 is 0 Å². The quantitative estimate of drug-likeness (QED) is 0.766. The van der Waals surface area contributed by atoms with Crippen LogP contribution < -0.4 is 0 Å². The van der Waals surface area contributed by atoms with Crippen molar-refractivity contribution in [2.24, 2.45) is 11.3 Å². The number of ketones is 2. The van der Waals surface area contributed by atoms with Gasteiger partial charge in [-0.05, 0) is 30.1 Å². The van der Waals surface area contributed by atoms with Crippen LogP contribution >= 0.6 is 0 Å². The Labute approximate surface area is 114 Å². The maximum absolute atomic E-state index is 12.2. The van der Waals surface area contributed by atoms with Crippen molar-refractivity contribution in [2.45, 2.75) is 34.1 Å². The Morgan fingerprint density at radius 1 is 1.32 bits per heavy atom. The van der Waals surface area contributed by atoms with E-state index in [2.05, 4.69) is 0 Å². The van der Waals surface area contributed by atoms with Crippen molar-refractivity contribution in [3.63, 3.8) is 0 Å². The van der Waals surface area contributed by atoms with Crippen molar-refractivity contribution < 1.29 is 14.3 Å². The zero-order valence-electron chi connectivity index (χ0n) is 12.2. The molecule has 0 aromatic rings. The Hall–Kier alpha value is -1.64. The molecule has 0 saturated heterocycles. The second-order valence-electron chi connectivity index (χ2n) is 5.85. The van der Waals surface area contributed by atoms with Crippen LogP contribution in [-0.2, 0) is 14.3 Å². The van der Waals surface area contributed by atoms with Gasteiger partial charge in [0.2, 0.25) is 5.78 Å². The first-order valence-corrected chi connectivity index (χ1v) is 6.58. The Balaban J connectivity index is 2.61. The second kappa shape index (κ2) is 4.48. The number of rotatable bonds is 2. The van der Waals surface area contributed by atoms with Gasteiger partial charge in [0.25, 0.3) is 0 Å². The number of carbonyl (C=O) groups excluding carboxylic acids is 2. The molecule has 3 nitrogen and oxygen atoms in total. The van der Waals surface area contributed by atoms with Crippen molar-refractivity contribution in [1.29, 1.82) is 0 Å². The molecule has 19 heavy (non-hydrogen) atoms. The number of hydrogen-bond donors (Lipinski definition) is 0. The van der Waals surface area contributed by atoms with Gasteiger partial charge < -0.3 is 4.74 Å². The number of methoxy groups -OCH3 is 1. The normalized spacial score (nSPS) is 27.3. The predicted molar refractivity (Wildman–Crippen MR) is 73.5 cm³/mol. The molecule has 0 amide bonds. The summed E-state index contributed by atoms with van der Waals surface area (Å²) in [5.41, 5.74) is 2.04. The van der Waals surface area contributed by atoms with E-state index in [1.807, 2.05) is 33.8 Å². The van der Waals surface area contributed by atoms with Crippen LogP contribution in [0.3, 0.4) is 0 Å². The fourth-order valence-electron chi connectivity index (χ4n) is 2.90. The molecule has 3 heteroatoms. The van der Waals surface area contributed by atoms with E-state index in [9.17, 15) is 9.59 Å². The number of allylic oxidation sites excluding steroid dienone is 5. The van der Waals surface area contributed by atoms with Crippen LogP contribution in [0.5, 0.6) is 0 Å². The van der Waals surface area contributed by atoms with Gasteiger partial charge in [0.15, 0.2) is 11.5 Å². The molecule has 2 aliphatic carbocycles. The van der Waals surface area contributed by atoms with Gasteiger partial charge in [-0.3, -0.25) is 9.59 Å². The largest absolute Gasteiger partial charge is 0.493 e. The SMILES string of the molecule is COC1=CC2(C)CC(=O)C(C(C)C)=CC2=C(C)C1=O. The van der Waals surface area contributed by atoms with Crippen LogP contribution in [-0.4, -0.2) is 18.7 Å². The van der Waals surface area contributed by atoms with E-state index < -0.39 is 5.41 Å². The summed E-state index contributed by atoms with van der Waals surface area (Å²) in [5, 5.41) is 0. The zero-order valence-corrected chi connectivity index (χ0v) is 12.2. The lowest BCUT2D eigenvalue weighted by atomic mass is 9.66. The van der Waals surface area contributed by atoms with E-state index in [0.29, 0.717) is 17.8 Å². The van der Waals surface area contributed by atoms with Gasteiger partial charge in [-0.25, -0.2) is 0 Å². The Kier molecular flexibility index (Phi) is 3.25. The third-order valence-corrected chi connectivity index (χ3v) is 4.02. The first-order chi connectivity index (χ1) is 8.80. The summed E-state index contributed by atoms with van der Waals surface area (Å²) in [6.07, 6.45) is 4.11. The fourth-order valence-corrected chi connectivity index (χ4v) is 2.90. The van der Waals surface area contributed by atoms with Crippen molar-refractivity contribution in [3.05, 3.63) is 34.6 Å². The lowest BCUT2D eigenvalue weighted by Gasteiger charge is -2.37. The fraction of sp³-hybridized carbons (Fsp3) is 0.500. The molecule has 0 aromatic carbocycles. The molecular weight excluding hydrogens is 240 g/mol. The number of ether oxygens (including phenoxy) is 1. The molecule has 0 bridgehead atoms. The van der Waals surface area contributed by atoms with E-state index >= 15 is 0 Å². The summed E-state index contributed by atoms with van der Waals surface area (Å²) in [7, 11) is 1.49. The maximum atomic E-state index is 12.2. The van der Waals surface area contributed by atoms with Crippen molar-refractivity contribution in [1.82, 2.24) is 0 Å². The molecule has 102 valence electrons. The zero-order chi connectivity index (χ0) is 14.4. The molecule has 0 heterocycles. The molecule has 2 aliphatic rings. The summed E-state index contributed by atoms with van der Waals surface area (Å²) in [4.78, 5) is 24.4. The predicted octanol–water partition coefficient (Wildman–Crippen LogP) is 2.98. The smallest absolute Gasteiger partial charge is 0.223 e. The molecule has 0 spiro atoms.